The summed E-state index contributed by atoms with van der Waals surface area (Å²) in [7, 11) is 0. The molecule has 0 amide bonds. The topological polar surface area (TPSA) is 29.5 Å². The average molecular weight is 266 g/mol. The normalized spacial score (nSPS) is 9.85. The fourth-order valence-electron chi connectivity index (χ4n) is 1.83. The molecule has 2 rings (SSSR count). The third kappa shape index (κ3) is 4.55. The lowest BCUT2D eigenvalue weighted by atomic mass is 10.1. The first-order chi connectivity index (χ1) is 9.90. The van der Waals surface area contributed by atoms with E-state index in [-0.39, 0.29) is 6.61 Å². The van der Waals surface area contributed by atoms with Gasteiger partial charge in [0, 0.05) is 12.0 Å². The molecule has 20 heavy (non-hydrogen) atoms. The van der Waals surface area contributed by atoms with Crippen molar-refractivity contribution in [1.82, 2.24) is 0 Å². The number of ether oxygens (including phenoxy) is 1. The largest absolute Gasteiger partial charge is 0.395 e. The molecule has 0 heterocycles. The summed E-state index contributed by atoms with van der Waals surface area (Å²) in [5, 5.41) is 8.75. The van der Waals surface area contributed by atoms with Crippen molar-refractivity contribution >= 4 is 0 Å². The molecule has 2 aromatic carbocycles. The van der Waals surface area contributed by atoms with Crippen LogP contribution in [0.1, 0.15) is 23.1 Å². The van der Waals surface area contributed by atoms with Crippen LogP contribution in [0.15, 0.2) is 54.6 Å². The molecule has 0 bridgehead atoms. The second-order valence-corrected chi connectivity index (χ2v) is 4.41. The maximum absolute atomic E-state index is 8.75. The van der Waals surface area contributed by atoms with Gasteiger partial charge >= 0.3 is 0 Å². The molecule has 0 saturated carbocycles. The summed E-state index contributed by atoms with van der Waals surface area (Å²) < 4.78 is 5.74. The van der Waals surface area contributed by atoms with Gasteiger partial charge in [-0.3, -0.25) is 0 Å². The summed E-state index contributed by atoms with van der Waals surface area (Å²) in [5.74, 6) is 6.02. The number of benzene rings is 2. The van der Waals surface area contributed by atoms with Gasteiger partial charge in [0.15, 0.2) is 0 Å². The van der Waals surface area contributed by atoms with Crippen LogP contribution in [0.3, 0.4) is 0 Å². The molecule has 0 atom stereocenters. The van der Waals surface area contributed by atoms with Crippen molar-refractivity contribution in [3.8, 4) is 11.8 Å². The molecule has 2 aromatic rings. The minimum Gasteiger partial charge on any atom is -0.395 e. The monoisotopic (exact) mass is 266 g/mol. The molecule has 102 valence electrons. The molecule has 0 aliphatic carbocycles. The molecule has 2 heteroatoms. The maximum atomic E-state index is 8.75. The Hall–Kier alpha value is -2.08. The van der Waals surface area contributed by atoms with Crippen LogP contribution in [-0.2, 0) is 18.0 Å². The smallest absolute Gasteiger partial charge is 0.0733 e. The van der Waals surface area contributed by atoms with Crippen LogP contribution < -0.4 is 0 Å². The summed E-state index contributed by atoms with van der Waals surface area (Å²) in [4.78, 5) is 0. The van der Waals surface area contributed by atoms with Crippen LogP contribution in [0.25, 0.3) is 0 Å². The first kappa shape index (κ1) is 14.3. The van der Waals surface area contributed by atoms with Crippen molar-refractivity contribution in [2.24, 2.45) is 0 Å². The molecule has 0 aliphatic heterocycles. The summed E-state index contributed by atoms with van der Waals surface area (Å²) in [5.41, 5.74) is 3.21. The Bertz CT molecular complexity index is 579. The van der Waals surface area contributed by atoms with Gasteiger partial charge in [0.05, 0.1) is 19.8 Å². The SMILES string of the molecule is OCCC#Cc1ccccc1COCc1ccccc1. The van der Waals surface area contributed by atoms with Crippen molar-refractivity contribution in [2.75, 3.05) is 6.61 Å². The zero-order valence-electron chi connectivity index (χ0n) is 11.4. The van der Waals surface area contributed by atoms with E-state index in [1.807, 2.05) is 54.6 Å². The Balaban J connectivity index is 1.94. The molecule has 0 unspecified atom stereocenters. The van der Waals surface area contributed by atoms with Crippen molar-refractivity contribution in [3.05, 3.63) is 71.3 Å². The van der Waals surface area contributed by atoms with Crippen LogP contribution in [0.4, 0.5) is 0 Å². The lowest BCUT2D eigenvalue weighted by molar-refractivity contribution is 0.107. The van der Waals surface area contributed by atoms with Gasteiger partial charge in [0.1, 0.15) is 0 Å². The Morgan fingerprint density at radius 3 is 2.45 bits per heavy atom. The van der Waals surface area contributed by atoms with Gasteiger partial charge in [-0.1, -0.05) is 60.4 Å². The molecule has 0 saturated heterocycles. The lowest BCUT2D eigenvalue weighted by Gasteiger charge is -2.06. The predicted molar refractivity (Wildman–Crippen MR) is 80.0 cm³/mol. The molecule has 0 fully saturated rings. The summed E-state index contributed by atoms with van der Waals surface area (Å²) >= 11 is 0. The number of hydrogen-bond acceptors (Lipinski definition) is 2. The molecular formula is C18H18O2. The minimum absolute atomic E-state index is 0.0969. The van der Waals surface area contributed by atoms with Gasteiger partial charge in [-0.05, 0) is 17.2 Å². The van der Waals surface area contributed by atoms with Gasteiger partial charge < -0.3 is 9.84 Å². The first-order valence-corrected chi connectivity index (χ1v) is 6.69. The summed E-state index contributed by atoms with van der Waals surface area (Å²) in [6.07, 6.45) is 0.499. The minimum atomic E-state index is 0.0969. The quantitative estimate of drug-likeness (QED) is 0.842. The first-order valence-electron chi connectivity index (χ1n) is 6.69. The van der Waals surface area contributed by atoms with E-state index in [1.165, 1.54) is 0 Å². The van der Waals surface area contributed by atoms with Gasteiger partial charge in [-0.15, -0.1) is 0 Å². The summed E-state index contributed by atoms with van der Waals surface area (Å²) in [6, 6.07) is 18.1. The molecule has 1 N–H and O–H groups in total. The zero-order chi connectivity index (χ0) is 14.0. The van der Waals surface area contributed by atoms with E-state index in [0.29, 0.717) is 19.6 Å². The fourth-order valence-corrected chi connectivity index (χ4v) is 1.83. The third-order valence-electron chi connectivity index (χ3n) is 2.85. The van der Waals surface area contributed by atoms with Crippen molar-refractivity contribution < 1.29 is 9.84 Å². The number of aliphatic hydroxyl groups is 1. The number of rotatable bonds is 5. The standard InChI is InChI=1S/C18H18O2/c19-13-7-6-11-17-10-4-5-12-18(17)15-20-14-16-8-2-1-3-9-16/h1-5,8-10,12,19H,7,13-15H2. The highest BCUT2D eigenvalue weighted by atomic mass is 16.5. The zero-order valence-corrected chi connectivity index (χ0v) is 11.4. The lowest BCUT2D eigenvalue weighted by Crippen LogP contribution is -1.96. The molecule has 0 aromatic heterocycles. The van der Waals surface area contributed by atoms with Gasteiger partial charge in [-0.25, -0.2) is 0 Å². The third-order valence-corrected chi connectivity index (χ3v) is 2.85. The van der Waals surface area contributed by atoms with Crippen molar-refractivity contribution in [2.45, 2.75) is 19.6 Å². The van der Waals surface area contributed by atoms with Crippen molar-refractivity contribution in [3.63, 3.8) is 0 Å². The summed E-state index contributed by atoms with van der Waals surface area (Å²) in [6.45, 7) is 1.23. The Labute approximate surface area is 120 Å². The second-order valence-electron chi connectivity index (χ2n) is 4.41. The van der Waals surface area contributed by atoms with E-state index >= 15 is 0 Å². The van der Waals surface area contributed by atoms with Gasteiger partial charge in [0.25, 0.3) is 0 Å². The van der Waals surface area contributed by atoms with Crippen LogP contribution in [-0.4, -0.2) is 11.7 Å². The molecule has 0 aliphatic rings. The van der Waals surface area contributed by atoms with E-state index in [1.54, 1.807) is 0 Å². The fraction of sp³-hybridized carbons (Fsp3) is 0.222. The highest BCUT2D eigenvalue weighted by Crippen LogP contribution is 2.10. The van der Waals surface area contributed by atoms with E-state index in [0.717, 1.165) is 16.7 Å². The van der Waals surface area contributed by atoms with Crippen LogP contribution >= 0.6 is 0 Å². The maximum Gasteiger partial charge on any atom is 0.0733 e. The van der Waals surface area contributed by atoms with Crippen LogP contribution in [0.2, 0.25) is 0 Å². The van der Waals surface area contributed by atoms with Crippen LogP contribution in [0, 0.1) is 11.8 Å². The predicted octanol–water partition coefficient (Wildman–Crippen LogP) is 3.14. The Morgan fingerprint density at radius 1 is 0.900 bits per heavy atom. The molecule has 0 spiro atoms. The number of hydrogen-bond donors (Lipinski definition) is 1. The Morgan fingerprint density at radius 2 is 1.65 bits per heavy atom. The Kier molecular flexibility index (Phi) is 5.85. The van der Waals surface area contributed by atoms with E-state index < -0.39 is 0 Å². The van der Waals surface area contributed by atoms with E-state index in [2.05, 4.69) is 11.8 Å². The highest BCUT2D eigenvalue weighted by Gasteiger charge is 1.99. The van der Waals surface area contributed by atoms with Gasteiger partial charge in [0.2, 0.25) is 0 Å². The second kappa shape index (κ2) is 8.16. The number of aliphatic hydroxyl groups excluding tert-OH is 1. The van der Waals surface area contributed by atoms with E-state index in [9.17, 15) is 0 Å². The molecule has 0 radical (unpaired) electrons. The average Bonchev–Trinajstić information content (AvgIpc) is 2.50. The molecule has 2 nitrogen and oxygen atoms in total. The van der Waals surface area contributed by atoms with Gasteiger partial charge in [-0.2, -0.15) is 0 Å². The van der Waals surface area contributed by atoms with Crippen LogP contribution in [0.5, 0.6) is 0 Å². The van der Waals surface area contributed by atoms with E-state index in [4.69, 9.17) is 9.84 Å². The molecular weight excluding hydrogens is 248 g/mol. The van der Waals surface area contributed by atoms with Crippen molar-refractivity contribution in [1.29, 1.82) is 0 Å². The highest BCUT2D eigenvalue weighted by molar-refractivity contribution is 5.40.